The number of benzene rings is 1. The van der Waals surface area contributed by atoms with Gasteiger partial charge in [0.2, 0.25) is 0 Å². The van der Waals surface area contributed by atoms with E-state index in [1.165, 1.54) is 11.3 Å². The predicted octanol–water partition coefficient (Wildman–Crippen LogP) is 6.32. The molecule has 1 atom stereocenters. The van der Waals surface area contributed by atoms with Gasteiger partial charge in [-0.2, -0.15) is 18.4 Å². The minimum Gasteiger partial charge on any atom is -0.497 e. The highest BCUT2D eigenvalue weighted by molar-refractivity contribution is 5.69. The summed E-state index contributed by atoms with van der Waals surface area (Å²) in [6, 6.07) is 8.47. The lowest BCUT2D eigenvalue weighted by Gasteiger charge is -2.32. The Bertz CT molecular complexity index is 1100. The van der Waals surface area contributed by atoms with Gasteiger partial charge in [-0.25, -0.2) is 0 Å². The van der Waals surface area contributed by atoms with E-state index in [2.05, 4.69) is 28.3 Å². The third-order valence-electron chi connectivity index (χ3n) is 6.56. The first kappa shape index (κ1) is 24.2. The predicted molar refractivity (Wildman–Crippen MR) is 123 cm³/mol. The van der Waals surface area contributed by atoms with Gasteiger partial charge in [-0.15, -0.1) is 0 Å². The van der Waals surface area contributed by atoms with Gasteiger partial charge in [-0.3, -0.25) is 0 Å². The van der Waals surface area contributed by atoms with Crippen LogP contribution in [0.2, 0.25) is 0 Å². The average molecular weight is 474 g/mol. The van der Waals surface area contributed by atoms with Crippen LogP contribution in [0.4, 0.5) is 18.9 Å². The summed E-state index contributed by atoms with van der Waals surface area (Å²) in [7, 11) is 0. The highest BCUT2D eigenvalue weighted by Gasteiger charge is 2.42. The Kier molecular flexibility index (Phi) is 7.20. The summed E-state index contributed by atoms with van der Waals surface area (Å²) in [4.78, 5) is 2.36. The van der Waals surface area contributed by atoms with E-state index in [1.54, 1.807) is 0 Å². The monoisotopic (exact) mass is 473 g/mol. The van der Waals surface area contributed by atoms with Crippen LogP contribution in [0.15, 0.2) is 28.5 Å². The molecule has 1 unspecified atom stereocenters. The van der Waals surface area contributed by atoms with Crippen LogP contribution in [-0.4, -0.2) is 24.9 Å². The zero-order chi connectivity index (χ0) is 24.3. The van der Waals surface area contributed by atoms with Crippen molar-refractivity contribution in [3.05, 3.63) is 52.1 Å². The van der Waals surface area contributed by atoms with Crippen molar-refractivity contribution in [1.29, 1.82) is 5.26 Å². The first-order chi connectivity index (χ1) is 16.3. The van der Waals surface area contributed by atoms with Crippen LogP contribution in [0.3, 0.4) is 0 Å². The van der Waals surface area contributed by atoms with Crippen molar-refractivity contribution in [2.45, 2.75) is 65.0 Å². The summed E-state index contributed by atoms with van der Waals surface area (Å²) in [5, 5.41) is 12.3. The molecule has 0 saturated carbocycles. The van der Waals surface area contributed by atoms with Crippen LogP contribution in [0, 0.1) is 17.2 Å². The average Bonchev–Trinajstić information content (AvgIpc) is 3.22. The summed E-state index contributed by atoms with van der Waals surface area (Å²) < 4.78 is 51.4. The number of ether oxygens (including phenoxy) is 1. The van der Waals surface area contributed by atoms with E-state index in [0.717, 1.165) is 50.1 Å². The fourth-order valence-electron chi connectivity index (χ4n) is 5.08. The van der Waals surface area contributed by atoms with Gasteiger partial charge < -0.3 is 14.2 Å². The van der Waals surface area contributed by atoms with E-state index in [9.17, 15) is 13.2 Å². The van der Waals surface area contributed by atoms with Crippen LogP contribution in [-0.2, 0) is 30.2 Å². The minimum atomic E-state index is -4.52. The molecule has 0 N–H and O–H groups in total. The number of hydrogen-bond acceptors (Lipinski definition) is 5. The number of nitriles is 1. The van der Waals surface area contributed by atoms with Crippen molar-refractivity contribution in [2.24, 2.45) is 5.92 Å². The minimum absolute atomic E-state index is 0.150. The van der Waals surface area contributed by atoms with Crippen LogP contribution < -0.4 is 4.90 Å². The van der Waals surface area contributed by atoms with E-state index in [4.69, 9.17) is 14.5 Å². The third kappa shape index (κ3) is 4.94. The molecular formula is C26H30F3N3O2. The molecule has 8 heteroatoms. The molecule has 1 aromatic carbocycles. The second-order valence-electron chi connectivity index (χ2n) is 9.13. The molecule has 0 amide bonds. The normalized spacial score (nSPS) is 17.9. The number of anilines is 1. The Morgan fingerprint density at radius 3 is 2.88 bits per heavy atom. The summed E-state index contributed by atoms with van der Waals surface area (Å²) in [6.45, 7) is 6.19. The highest BCUT2D eigenvalue weighted by Crippen LogP contribution is 2.43. The standard InChI is InChI=1S/C26H30F3N3O2/c1-3-6-20-23(17(2)15-21-24(20)34-31-25(21)26(27,28)29)33-14-5-13-32-12-4-7-19-16-18(10-11-30)8-9-22(19)32/h8-9,16-17H,3-7,10,12-15H2,1-2H3. The molecule has 182 valence electrons. The molecule has 2 heterocycles. The van der Waals surface area contributed by atoms with Crippen molar-refractivity contribution in [3.8, 4) is 6.07 Å². The lowest BCUT2D eigenvalue weighted by molar-refractivity contribution is -0.143. The van der Waals surface area contributed by atoms with Crippen molar-refractivity contribution < 1.29 is 22.4 Å². The Balaban J connectivity index is 1.44. The Hall–Kier alpha value is -2.95. The third-order valence-corrected chi connectivity index (χ3v) is 6.56. The largest absolute Gasteiger partial charge is 0.497 e. The highest BCUT2D eigenvalue weighted by atomic mass is 19.4. The van der Waals surface area contributed by atoms with Crippen molar-refractivity contribution in [1.82, 2.24) is 5.16 Å². The summed E-state index contributed by atoms with van der Waals surface area (Å²) >= 11 is 0. The summed E-state index contributed by atoms with van der Waals surface area (Å²) in [6.07, 6.45) is 0.359. The SMILES string of the molecule is CCCC1=C(OCCCN2CCCc3cc(CC#N)ccc32)C(C)Cc2c(C(F)(F)F)noc21. The molecular weight excluding hydrogens is 443 g/mol. The molecule has 0 saturated heterocycles. The smallest absolute Gasteiger partial charge is 0.437 e. The molecule has 34 heavy (non-hydrogen) atoms. The van der Waals surface area contributed by atoms with Crippen molar-refractivity contribution >= 4 is 11.3 Å². The molecule has 1 aliphatic heterocycles. The number of rotatable bonds is 8. The number of alkyl halides is 3. The van der Waals surface area contributed by atoms with Gasteiger partial charge in [-0.05, 0) is 49.3 Å². The second-order valence-corrected chi connectivity index (χ2v) is 9.13. The van der Waals surface area contributed by atoms with E-state index in [-0.39, 0.29) is 23.7 Å². The molecule has 0 bridgehead atoms. The fourth-order valence-corrected chi connectivity index (χ4v) is 5.08. The first-order valence-corrected chi connectivity index (χ1v) is 12.0. The van der Waals surface area contributed by atoms with Gasteiger partial charge in [0, 0.05) is 35.8 Å². The van der Waals surface area contributed by atoms with E-state index < -0.39 is 11.9 Å². The molecule has 4 rings (SSSR count). The number of hydrogen-bond donors (Lipinski definition) is 0. The van der Waals surface area contributed by atoms with E-state index >= 15 is 0 Å². The molecule has 0 spiro atoms. The van der Waals surface area contributed by atoms with E-state index in [1.807, 2.05) is 19.9 Å². The number of aromatic nitrogens is 1. The fraction of sp³-hybridized carbons (Fsp3) is 0.538. The molecule has 0 fully saturated rings. The quantitative estimate of drug-likeness (QED) is 0.420. The van der Waals surface area contributed by atoms with E-state index in [0.29, 0.717) is 25.0 Å². The molecule has 2 aliphatic rings. The number of halogens is 3. The summed E-state index contributed by atoms with van der Waals surface area (Å²) in [5.41, 5.74) is 3.50. The zero-order valence-electron chi connectivity index (χ0n) is 19.7. The van der Waals surface area contributed by atoms with Gasteiger partial charge in [0.05, 0.1) is 19.1 Å². The number of fused-ring (bicyclic) bond motifs is 2. The molecule has 1 aliphatic carbocycles. The Morgan fingerprint density at radius 1 is 1.32 bits per heavy atom. The topological polar surface area (TPSA) is 62.3 Å². The van der Waals surface area contributed by atoms with Crippen LogP contribution in [0.5, 0.6) is 0 Å². The molecule has 1 aromatic heterocycles. The van der Waals surface area contributed by atoms with Gasteiger partial charge in [-0.1, -0.05) is 37.6 Å². The zero-order valence-corrected chi connectivity index (χ0v) is 19.7. The Morgan fingerprint density at radius 2 is 2.15 bits per heavy atom. The summed E-state index contributed by atoms with van der Waals surface area (Å²) in [5.74, 6) is 0.809. The van der Waals surface area contributed by atoms with Gasteiger partial charge in [0.25, 0.3) is 0 Å². The second kappa shape index (κ2) is 10.1. The lowest BCUT2D eigenvalue weighted by Crippen LogP contribution is -2.31. The number of nitrogens with zero attached hydrogens (tertiary/aromatic N) is 3. The number of allylic oxidation sites excluding steroid dienone is 2. The molecule has 2 aromatic rings. The first-order valence-electron chi connectivity index (χ1n) is 12.0. The maximum Gasteiger partial charge on any atom is 0.437 e. The van der Waals surface area contributed by atoms with Gasteiger partial charge in [0.1, 0.15) is 5.76 Å². The maximum absolute atomic E-state index is 13.3. The maximum atomic E-state index is 13.3. The number of aryl methyl sites for hydroxylation is 1. The van der Waals surface area contributed by atoms with Crippen LogP contribution >= 0.6 is 0 Å². The van der Waals surface area contributed by atoms with Crippen LogP contribution in [0.25, 0.3) is 5.57 Å². The van der Waals surface area contributed by atoms with Crippen molar-refractivity contribution in [3.63, 3.8) is 0 Å². The molecule has 0 radical (unpaired) electrons. The van der Waals surface area contributed by atoms with Gasteiger partial charge in [0.15, 0.2) is 11.5 Å². The van der Waals surface area contributed by atoms with Gasteiger partial charge >= 0.3 is 6.18 Å². The molecule has 5 nitrogen and oxygen atoms in total. The van der Waals surface area contributed by atoms with Crippen molar-refractivity contribution in [2.75, 3.05) is 24.6 Å². The lowest BCUT2D eigenvalue weighted by atomic mass is 9.85. The van der Waals surface area contributed by atoms with Crippen LogP contribution in [0.1, 0.15) is 67.7 Å². The Labute approximate surface area is 198 Å².